The number of sulfone groups is 2. The normalized spacial score (nSPS) is 18.3. The summed E-state index contributed by atoms with van der Waals surface area (Å²) in [5, 5.41) is 9.12. The summed E-state index contributed by atoms with van der Waals surface area (Å²) in [5.74, 6) is -1.67. The third-order valence-electron chi connectivity index (χ3n) is 12.7. The fraction of sp³-hybridized carbons (Fsp3) is 0.469. The molecule has 4 aromatic rings. The van der Waals surface area contributed by atoms with Gasteiger partial charge in [0.15, 0.2) is 35.5 Å². The van der Waals surface area contributed by atoms with Crippen LogP contribution in [0.2, 0.25) is 0 Å². The monoisotopic (exact) mass is 990 g/mol. The van der Waals surface area contributed by atoms with Crippen LogP contribution in [-0.4, -0.2) is 95.5 Å². The summed E-state index contributed by atoms with van der Waals surface area (Å²) in [4.78, 5) is 31.0. The molecule has 7 rings (SSSR count). The molecule has 3 saturated heterocycles. The Morgan fingerprint density at radius 2 is 0.971 bits per heavy atom. The Kier molecular flexibility index (Phi) is 18.7. The summed E-state index contributed by atoms with van der Waals surface area (Å²) in [6, 6.07) is 27.7. The van der Waals surface area contributed by atoms with Crippen molar-refractivity contribution in [3.63, 3.8) is 0 Å². The number of hydroxylamine groups is 2. The maximum atomic E-state index is 13.8. The Balaban J connectivity index is 0.000000228. The molecule has 1 unspecified atom stereocenters. The van der Waals surface area contributed by atoms with Crippen molar-refractivity contribution in [1.29, 1.82) is 0 Å². The Morgan fingerprint density at radius 1 is 0.588 bits per heavy atom. The van der Waals surface area contributed by atoms with Crippen molar-refractivity contribution in [2.75, 3.05) is 33.0 Å². The molecule has 3 N–H and O–H groups in total. The van der Waals surface area contributed by atoms with Gasteiger partial charge in [0.25, 0.3) is 11.8 Å². The minimum absolute atomic E-state index is 0.00892. The van der Waals surface area contributed by atoms with Crippen molar-refractivity contribution in [3.8, 4) is 22.3 Å². The van der Waals surface area contributed by atoms with Gasteiger partial charge in [-0.05, 0) is 122 Å². The van der Waals surface area contributed by atoms with Crippen molar-refractivity contribution in [2.45, 2.75) is 122 Å². The highest BCUT2D eigenvalue weighted by Crippen LogP contribution is 2.38. The number of aryl methyl sites for hydroxylation is 2. The fourth-order valence-corrected chi connectivity index (χ4v) is 12.4. The van der Waals surface area contributed by atoms with Gasteiger partial charge in [0, 0.05) is 52.3 Å². The van der Waals surface area contributed by atoms with Gasteiger partial charge in [0.05, 0.1) is 9.79 Å². The van der Waals surface area contributed by atoms with E-state index in [0.29, 0.717) is 38.7 Å². The smallest absolute Gasteiger partial charge is 0.265 e. The van der Waals surface area contributed by atoms with Gasteiger partial charge in [-0.3, -0.25) is 14.8 Å². The van der Waals surface area contributed by atoms with Crippen LogP contribution in [0.5, 0.6) is 0 Å². The molecule has 19 heteroatoms. The van der Waals surface area contributed by atoms with Crippen LogP contribution in [0.1, 0.15) is 81.8 Å². The van der Waals surface area contributed by atoms with Crippen LogP contribution in [0.4, 0.5) is 17.6 Å². The van der Waals surface area contributed by atoms with Gasteiger partial charge in [-0.2, -0.15) is 0 Å². The molecule has 13 nitrogen and oxygen atoms in total. The molecule has 0 bridgehead atoms. The van der Waals surface area contributed by atoms with Gasteiger partial charge in [0.1, 0.15) is 0 Å². The first-order valence-electron chi connectivity index (χ1n) is 22.7. The van der Waals surface area contributed by atoms with Gasteiger partial charge in [-0.25, -0.2) is 50.2 Å². The van der Waals surface area contributed by atoms with E-state index in [1.165, 1.54) is 29.7 Å². The summed E-state index contributed by atoms with van der Waals surface area (Å²) in [7, 11) is -8.14. The number of benzene rings is 4. The average molecular weight is 991 g/mol. The zero-order valence-electron chi connectivity index (χ0n) is 37.6. The zero-order valence-corrected chi connectivity index (χ0v) is 39.2. The summed E-state index contributed by atoms with van der Waals surface area (Å²) in [6.07, 6.45) is -1.04. The lowest BCUT2D eigenvalue weighted by molar-refractivity contribution is -0.202. The number of carbonyl (C=O) groups excluding carboxylic acids is 2. The predicted octanol–water partition coefficient (Wildman–Crippen LogP) is 8.61. The molecule has 0 aliphatic carbocycles. The summed E-state index contributed by atoms with van der Waals surface area (Å²) in [5.41, 5.74) is 9.11. The molecule has 68 heavy (non-hydrogen) atoms. The standard InChI is InChI=1S/C27H33F2NO6S.C22H25F2NO5S/c28-24(29)5-3-4-20-7-9-21(10-8-20)22-11-13-23(14-12-22)37(32,33)27(15-18-34-19-16-27)26(31)30-36-25-6-1-2-17-35-25;23-20(24)3-1-2-16-4-6-17(7-5-16)18-8-10-19(11-9-18)31(28,29)22(21(26)25-27)12-14-30-15-13-22/h7-14,24-25H,1-6,15-19H2,(H,30,31);4-11,20,27H,1-3,12-15H2,(H,25,26). The van der Waals surface area contributed by atoms with Crippen molar-refractivity contribution in [3.05, 3.63) is 108 Å². The van der Waals surface area contributed by atoms with Crippen molar-refractivity contribution in [1.82, 2.24) is 11.0 Å². The number of hydrogen-bond donors (Lipinski definition) is 3. The zero-order chi connectivity index (χ0) is 48.8. The van der Waals surface area contributed by atoms with E-state index < -0.39 is 60.1 Å². The van der Waals surface area contributed by atoms with Crippen LogP contribution in [0.3, 0.4) is 0 Å². The van der Waals surface area contributed by atoms with Crippen molar-refractivity contribution in [2.24, 2.45) is 0 Å². The molecular formula is C49H58F4N2O11S2. The third-order valence-corrected chi connectivity index (χ3v) is 17.7. The summed E-state index contributed by atoms with van der Waals surface area (Å²) in [6.45, 7) is 1.04. The van der Waals surface area contributed by atoms with Crippen LogP contribution in [0.15, 0.2) is 107 Å². The first-order chi connectivity index (χ1) is 32.6. The number of halogens is 4. The molecule has 3 aliphatic heterocycles. The molecule has 2 amide bonds. The van der Waals surface area contributed by atoms with Crippen LogP contribution in [0.25, 0.3) is 22.3 Å². The van der Waals surface area contributed by atoms with Crippen molar-refractivity contribution >= 4 is 31.5 Å². The number of ether oxygens (including phenoxy) is 3. The van der Waals surface area contributed by atoms with E-state index in [2.05, 4.69) is 5.48 Å². The second-order valence-electron chi connectivity index (χ2n) is 17.0. The summed E-state index contributed by atoms with van der Waals surface area (Å²) >= 11 is 0. The second kappa shape index (κ2) is 24.2. The number of hydrogen-bond acceptors (Lipinski definition) is 11. The number of carbonyl (C=O) groups is 2. The largest absolute Gasteiger partial charge is 0.381 e. The Bertz CT molecular complexity index is 2460. The highest BCUT2D eigenvalue weighted by Gasteiger charge is 2.53. The summed E-state index contributed by atoms with van der Waals surface area (Å²) < 4.78 is 116. The fourth-order valence-electron chi connectivity index (χ4n) is 8.51. The van der Waals surface area contributed by atoms with E-state index in [1.54, 1.807) is 24.3 Å². The van der Waals surface area contributed by atoms with Crippen LogP contribution in [-0.2, 0) is 61.2 Å². The minimum Gasteiger partial charge on any atom is -0.381 e. The first-order valence-corrected chi connectivity index (χ1v) is 25.7. The van der Waals surface area contributed by atoms with E-state index in [4.69, 9.17) is 24.3 Å². The number of rotatable bonds is 18. The molecule has 3 aliphatic rings. The Hall–Kier alpha value is -4.76. The van der Waals surface area contributed by atoms with E-state index in [-0.39, 0.29) is 74.7 Å². The molecule has 370 valence electrons. The van der Waals surface area contributed by atoms with Gasteiger partial charge >= 0.3 is 0 Å². The highest BCUT2D eigenvalue weighted by molar-refractivity contribution is 7.94. The molecule has 4 aromatic carbocycles. The lowest BCUT2D eigenvalue weighted by Crippen LogP contribution is -2.56. The van der Waals surface area contributed by atoms with Crippen LogP contribution in [0, 0.1) is 0 Å². The van der Waals surface area contributed by atoms with Gasteiger partial charge in [0.2, 0.25) is 12.9 Å². The maximum Gasteiger partial charge on any atom is 0.265 e. The third kappa shape index (κ3) is 12.7. The predicted molar refractivity (Wildman–Crippen MR) is 244 cm³/mol. The number of alkyl halides is 4. The lowest BCUT2D eigenvalue weighted by Gasteiger charge is -2.35. The van der Waals surface area contributed by atoms with Crippen LogP contribution >= 0.6 is 0 Å². The second-order valence-corrected chi connectivity index (χ2v) is 21.5. The Morgan fingerprint density at radius 3 is 1.32 bits per heavy atom. The van der Waals surface area contributed by atoms with Gasteiger partial charge < -0.3 is 14.2 Å². The van der Waals surface area contributed by atoms with E-state index in [9.17, 15) is 44.0 Å². The topological polar surface area (TPSA) is 184 Å². The number of nitrogens with one attached hydrogen (secondary N) is 2. The van der Waals surface area contributed by atoms with Gasteiger partial charge in [-0.1, -0.05) is 72.8 Å². The molecule has 0 aromatic heterocycles. The number of amides is 2. The molecule has 0 radical (unpaired) electrons. The van der Waals surface area contributed by atoms with E-state index in [0.717, 1.165) is 46.2 Å². The molecule has 3 heterocycles. The Labute approximate surface area is 394 Å². The first kappa shape index (κ1) is 52.6. The molecular weight excluding hydrogens is 933 g/mol. The highest BCUT2D eigenvalue weighted by atomic mass is 32.2. The SMILES string of the molecule is O=C(NO)C1(S(=O)(=O)c2ccc(-c3ccc(CCCC(F)F)cc3)cc2)CCOCC1.O=C(NOC1CCCCO1)C1(S(=O)(=O)c2ccc(-c3ccc(CCCC(F)F)cc3)cc2)CCOCC1. The average Bonchev–Trinajstić information content (AvgIpc) is 3.36. The van der Waals surface area contributed by atoms with Crippen molar-refractivity contribution < 1.29 is 68.2 Å². The van der Waals surface area contributed by atoms with Gasteiger partial charge in [-0.15, -0.1) is 0 Å². The molecule has 0 spiro atoms. The quantitative estimate of drug-likeness (QED) is 0.0493. The maximum absolute atomic E-state index is 13.8. The lowest BCUT2D eigenvalue weighted by atomic mass is 9.98. The van der Waals surface area contributed by atoms with Crippen LogP contribution < -0.4 is 11.0 Å². The minimum atomic E-state index is -4.07. The van der Waals surface area contributed by atoms with E-state index in [1.807, 2.05) is 48.5 Å². The van der Waals surface area contributed by atoms with E-state index >= 15 is 0 Å². The molecule has 1 atom stereocenters. The molecule has 0 saturated carbocycles. The molecule has 3 fully saturated rings.